The smallest absolute Gasteiger partial charge is 0.325 e. The van der Waals surface area contributed by atoms with Crippen molar-refractivity contribution in [3.8, 4) is 0 Å². The van der Waals surface area contributed by atoms with Crippen molar-refractivity contribution in [2.75, 3.05) is 31.6 Å². The SMILES string of the molecule is CCc1c(SN[C@@H](CNC)C(=O)OCCc2nccn2C)cccc1N1CC[C@H](O)C1=O. The molecule has 2 heterocycles. The maximum atomic E-state index is 12.6. The quantitative estimate of drug-likeness (QED) is 0.337. The standard InChI is InChI=1S/C22H31N5O4S/c1-4-15-17(27-11-8-18(28)21(27)29)6-5-7-19(15)32-25-16(14-23-2)22(30)31-13-9-20-24-10-12-26(20)3/h5-7,10,12,16,18,23,25,28H,4,8-9,11,13-14H2,1-3H3/t16-,18-/m0/s1. The van der Waals surface area contributed by atoms with Crippen LogP contribution >= 0.6 is 11.9 Å². The number of nitrogens with one attached hydrogen (secondary N) is 2. The van der Waals surface area contributed by atoms with Crippen molar-refractivity contribution in [1.82, 2.24) is 19.6 Å². The summed E-state index contributed by atoms with van der Waals surface area (Å²) in [4.78, 5) is 31.8. The van der Waals surface area contributed by atoms with Crippen LogP contribution in [0.4, 0.5) is 5.69 Å². The summed E-state index contributed by atoms with van der Waals surface area (Å²) in [5, 5.41) is 12.9. The van der Waals surface area contributed by atoms with Crippen LogP contribution in [0.2, 0.25) is 0 Å². The van der Waals surface area contributed by atoms with E-state index in [1.54, 1.807) is 18.1 Å². The van der Waals surface area contributed by atoms with E-state index >= 15 is 0 Å². The second-order valence-electron chi connectivity index (χ2n) is 7.60. The molecule has 1 fully saturated rings. The van der Waals surface area contributed by atoms with E-state index in [1.807, 2.05) is 42.9 Å². The Morgan fingerprint density at radius 1 is 1.44 bits per heavy atom. The van der Waals surface area contributed by atoms with Crippen molar-refractivity contribution in [1.29, 1.82) is 0 Å². The molecular weight excluding hydrogens is 430 g/mol. The van der Waals surface area contributed by atoms with Crippen LogP contribution in [0.3, 0.4) is 0 Å². The van der Waals surface area contributed by atoms with Gasteiger partial charge in [-0.3, -0.25) is 9.59 Å². The highest BCUT2D eigenvalue weighted by atomic mass is 32.2. The van der Waals surface area contributed by atoms with Gasteiger partial charge in [0.2, 0.25) is 0 Å². The minimum absolute atomic E-state index is 0.255. The molecule has 174 valence electrons. The van der Waals surface area contributed by atoms with Crippen LogP contribution in [0, 0.1) is 0 Å². The molecule has 0 saturated carbocycles. The van der Waals surface area contributed by atoms with E-state index in [1.165, 1.54) is 11.9 Å². The minimum atomic E-state index is -0.935. The van der Waals surface area contributed by atoms with Gasteiger partial charge in [0.15, 0.2) is 0 Å². The maximum absolute atomic E-state index is 12.6. The molecule has 32 heavy (non-hydrogen) atoms. The average Bonchev–Trinajstić information content (AvgIpc) is 3.35. The lowest BCUT2D eigenvalue weighted by Gasteiger charge is -2.22. The Balaban J connectivity index is 1.63. The number of benzene rings is 1. The van der Waals surface area contributed by atoms with E-state index in [-0.39, 0.29) is 18.5 Å². The summed E-state index contributed by atoms with van der Waals surface area (Å²) >= 11 is 1.35. The number of hydrogen-bond acceptors (Lipinski definition) is 8. The number of anilines is 1. The first kappa shape index (κ1) is 24.2. The summed E-state index contributed by atoms with van der Waals surface area (Å²) in [5.41, 5.74) is 1.81. The predicted octanol–water partition coefficient (Wildman–Crippen LogP) is 1.05. The number of amides is 1. The molecule has 10 heteroatoms. The second-order valence-corrected chi connectivity index (χ2v) is 8.48. The number of rotatable bonds is 11. The van der Waals surface area contributed by atoms with Crippen LogP contribution in [0.15, 0.2) is 35.5 Å². The summed E-state index contributed by atoms with van der Waals surface area (Å²) < 4.78 is 10.6. The van der Waals surface area contributed by atoms with Crippen LogP contribution in [-0.4, -0.2) is 65.4 Å². The average molecular weight is 462 g/mol. The van der Waals surface area contributed by atoms with Crippen molar-refractivity contribution in [3.63, 3.8) is 0 Å². The lowest BCUT2D eigenvalue weighted by molar-refractivity contribution is -0.145. The summed E-state index contributed by atoms with van der Waals surface area (Å²) in [5.74, 6) is 0.253. The van der Waals surface area contributed by atoms with Crippen molar-refractivity contribution >= 4 is 29.5 Å². The fourth-order valence-electron chi connectivity index (χ4n) is 3.65. The molecule has 1 aromatic heterocycles. The van der Waals surface area contributed by atoms with Gasteiger partial charge in [-0.25, -0.2) is 9.71 Å². The summed E-state index contributed by atoms with van der Waals surface area (Å²) in [6.07, 6.45) is 4.34. The van der Waals surface area contributed by atoms with Gasteiger partial charge >= 0.3 is 5.97 Å². The van der Waals surface area contributed by atoms with E-state index in [2.05, 4.69) is 15.0 Å². The molecule has 9 nitrogen and oxygen atoms in total. The predicted molar refractivity (Wildman–Crippen MR) is 123 cm³/mol. The van der Waals surface area contributed by atoms with Gasteiger partial charge in [0.05, 0.1) is 6.61 Å². The third-order valence-electron chi connectivity index (χ3n) is 5.42. The highest BCUT2D eigenvalue weighted by Gasteiger charge is 2.32. The number of nitrogens with zero attached hydrogens (tertiary/aromatic N) is 3. The lowest BCUT2D eigenvalue weighted by Crippen LogP contribution is -2.42. The topological polar surface area (TPSA) is 109 Å². The molecule has 0 bridgehead atoms. The van der Waals surface area contributed by atoms with Crippen LogP contribution in [0.1, 0.15) is 24.7 Å². The highest BCUT2D eigenvalue weighted by molar-refractivity contribution is 7.97. The normalized spacial score (nSPS) is 17.1. The fraction of sp³-hybridized carbons (Fsp3) is 0.500. The molecule has 3 rings (SSSR count). The first-order valence-electron chi connectivity index (χ1n) is 10.8. The molecule has 1 aromatic carbocycles. The van der Waals surface area contributed by atoms with E-state index in [9.17, 15) is 14.7 Å². The van der Waals surface area contributed by atoms with Crippen molar-refractivity contribution in [3.05, 3.63) is 42.0 Å². The van der Waals surface area contributed by atoms with Crippen molar-refractivity contribution in [2.45, 2.75) is 43.2 Å². The zero-order valence-electron chi connectivity index (χ0n) is 18.7. The zero-order chi connectivity index (χ0) is 23.1. The zero-order valence-corrected chi connectivity index (χ0v) is 19.5. The minimum Gasteiger partial charge on any atom is -0.464 e. The molecule has 0 spiro atoms. The molecule has 1 amide bonds. The fourth-order valence-corrected chi connectivity index (χ4v) is 4.62. The molecule has 0 radical (unpaired) electrons. The summed E-state index contributed by atoms with van der Waals surface area (Å²) in [6.45, 7) is 3.19. The van der Waals surface area contributed by atoms with Gasteiger partial charge in [-0.1, -0.05) is 13.0 Å². The molecule has 1 saturated heterocycles. The van der Waals surface area contributed by atoms with Gasteiger partial charge < -0.3 is 24.6 Å². The van der Waals surface area contributed by atoms with E-state index in [0.29, 0.717) is 32.4 Å². The Morgan fingerprint density at radius 3 is 2.88 bits per heavy atom. The first-order chi connectivity index (χ1) is 15.5. The first-order valence-corrected chi connectivity index (χ1v) is 11.6. The van der Waals surface area contributed by atoms with Gasteiger partial charge in [-0.05, 0) is 43.1 Å². The molecular formula is C22H31N5O4S. The molecule has 1 aliphatic heterocycles. The Morgan fingerprint density at radius 2 is 2.25 bits per heavy atom. The van der Waals surface area contributed by atoms with Gasteiger partial charge in [0, 0.05) is 56.0 Å². The van der Waals surface area contributed by atoms with Gasteiger partial charge in [0.1, 0.15) is 18.0 Å². The number of ether oxygens (including phenoxy) is 1. The van der Waals surface area contributed by atoms with Crippen LogP contribution in [0.5, 0.6) is 0 Å². The Bertz CT molecular complexity index is 935. The van der Waals surface area contributed by atoms with Crippen molar-refractivity contribution < 1.29 is 19.4 Å². The number of esters is 1. The molecule has 2 aromatic rings. The van der Waals surface area contributed by atoms with E-state index in [0.717, 1.165) is 22.0 Å². The number of likely N-dealkylation sites (N-methyl/N-ethyl adjacent to an activating group) is 1. The molecule has 0 unspecified atom stereocenters. The number of carbonyl (C=O) groups is 2. The second kappa shape index (κ2) is 11.5. The van der Waals surface area contributed by atoms with Gasteiger partial charge in [-0.15, -0.1) is 0 Å². The monoisotopic (exact) mass is 461 g/mol. The molecule has 1 aliphatic rings. The van der Waals surface area contributed by atoms with Crippen LogP contribution in [-0.2, 0) is 34.2 Å². The van der Waals surface area contributed by atoms with Gasteiger partial charge in [0.25, 0.3) is 5.91 Å². The number of hydrogen-bond donors (Lipinski definition) is 3. The number of imidazole rings is 1. The Kier molecular flexibility index (Phi) is 8.68. The number of aliphatic hydroxyl groups is 1. The Labute approximate surface area is 192 Å². The Hall–Kier alpha value is -2.40. The highest BCUT2D eigenvalue weighted by Crippen LogP contribution is 2.32. The van der Waals surface area contributed by atoms with Crippen LogP contribution < -0.4 is 14.9 Å². The molecule has 3 N–H and O–H groups in total. The number of aliphatic hydroxyl groups excluding tert-OH is 1. The maximum Gasteiger partial charge on any atom is 0.325 e. The number of aromatic nitrogens is 2. The summed E-state index contributed by atoms with van der Waals surface area (Å²) in [7, 11) is 3.69. The number of aryl methyl sites for hydroxylation is 1. The molecule has 0 aliphatic carbocycles. The van der Waals surface area contributed by atoms with Crippen LogP contribution in [0.25, 0.3) is 0 Å². The lowest BCUT2D eigenvalue weighted by atomic mass is 10.1. The largest absolute Gasteiger partial charge is 0.464 e. The van der Waals surface area contributed by atoms with Crippen molar-refractivity contribution in [2.24, 2.45) is 7.05 Å². The van der Waals surface area contributed by atoms with E-state index in [4.69, 9.17) is 4.74 Å². The third-order valence-corrected chi connectivity index (χ3v) is 6.43. The number of carbonyl (C=O) groups excluding carboxylic acids is 2. The third kappa shape index (κ3) is 5.69. The molecule has 2 atom stereocenters. The van der Waals surface area contributed by atoms with Gasteiger partial charge in [-0.2, -0.15) is 0 Å². The van der Waals surface area contributed by atoms with E-state index < -0.39 is 12.1 Å². The summed E-state index contributed by atoms with van der Waals surface area (Å²) in [6, 6.07) is 5.19.